The van der Waals surface area contributed by atoms with Crippen LogP contribution in [0.2, 0.25) is 0 Å². The topological polar surface area (TPSA) is 33.1 Å². The van der Waals surface area contributed by atoms with Crippen molar-refractivity contribution >= 4 is 10.9 Å². The lowest BCUT2D eigenvalue weighted by atomic mass is 9.90. The maximum Gasteiger partial charge on any atom is 0.0856 e. The number of fused-ring (bicyclic) bond motifs is 1. The molecule has 1 heterocycles. The van der Waals surface area contributed by atoms with E-state index in [4.69, 9.17) is 0 Å². The zero-order valence-corrected chi connectivity index (χ0v) is 11.4. The van der Waals surface area contributed by atoms with Gasteiger partial charge in [-0.15, -0.1) is 0 Å². The second-order valence-electron chi connectivity index (χ2n) is 5.10. The zero-order chi connectivity index (χ0) is 13.9. The molecule has 0 saturated heterocycles. The number of rotatable bonds is 3. The molecule has 100 valence electrons. The van der Waals surface area contributed by atoms with Crippen LogP contribution in [0.4, 0.5) is 0 Å². The summed E-state index contributed by atoms with van der Waals surface area (Å²) in [5, 5.41) is 11.6. The first-order valence-corrected chi connectivity index (χ1v) is 6.83. The highest BCUT2D eigenvalue weighted by Gasteiger charge is 2.18. The first-order chi connectivity index (χ1) is 9.75. The smallest absolute Gasteiger partial charge is 0.0856 e. The highest BCUT2D eigenvalue weighted by molar-refractivity contribution is 5.79. The number of pyridine rings is 1. The first-order valence-electron chi connectivity index (χ1n) is 6.83. The van der Waals surface area contributed by atoms with Gasteiger partial charge in [0.25, 0.3) is 0 Å². The molecule has 0 saturated carbocycles. The number of aliphatic hydroxyl groups excluding tert-OH is 1. The number of hydrogen-bond donors (Lipinski definition) is 1. The van der Waals surface area contributed by atoms with Crippen LogP contribution in [0.5, 0.6) is 0 Å². The van der Waals surface area contributed by atoms with Gasteiger partial charge in [-0.3, -0.25) is 4.98 Å². The fraction of sp³-hybridized carbons (Fsp3) is 0.167. The summed E-state index contributed by atoms with van der Waals surface area (Å²) in [7, 11) is 0. The zero-order valence-electron chi connectivity index (χ0n) is 11.4. The van der Waals surface area contributed by atoms with Gasteiger partial charge in [0.05, 0.1) is 11.6 Å². The second-order valence-corrected chi connectivity index (χ2v) is 5.10. The Balaban J connectivity index is 1.94. The van der Waals surface area contributed by atoms with Crippen LogP contribution in [0, 0.1) is 0 Å². The molecule has 3 rings (SSSR count). The highest BCUT2D eigenvalue weighted by atomic mass is 16.3. The average Bonchev–Trinajstić information content (AvgIpc) is 2.54. The summed E-state index contributed by atoms with van der Waals surface area (Å²) in [5.41, 5.74) is 3.03. The van der Waals surface area contributed by atoms with Gasteiger partial charge in [-0.2, -0.15) is 0 Å². The quantitative estimate of drug-likeness (QED) is 0.772. The molecule has 0 aliphatic heterocycles. The van der Waals surface area contributed by atoms with Crippen LogP contribution in [-0.4, -0.2) is 10.1 Å². The van der Waals surface area contributed by atoms with E-state index in [1.54, 1.807) is 6.20 Å². The molecule has 0 amide bonds. The van der Waals surface area contributed by atoms with E-state index in [0.717, 1.165) is 22.0 Å². The minimum Gasteiger partial charge on any atom is -0.388 e. The lowest BCUT2D eigenvalue weighted by molar-refractivity contribution is 0.152. The summed E-state index contributed by atoms with van der Waals surface area (Å²) < 4.78 is 0. The molecule has 0 fully saturated rings. The van der Waals surface area contributed by atoms with Crippen molar-refractivity contribution in [3.8, 4) is 0 Å². The van der Waals surface area contributed by atoms with Crippen LogP contribution in [0.25, 0.3) is 10.9 Å². The van der Waals surface area contributed by atoms with E-state index in [2.05, 4.69) is 17.1 Å². The summed E-state index contributed by atoms with van der Waals surface area (Å²) in [6.45, 7) is 2.05. The maximum atomic E-state index is 10.6. The Labute approximate surface area is 118 Å². The third-order valence-electron chi connectivity index (χ3n) is 3.77. The van der Waals surface area contributed by atoms with E-state index in [-0.39, 0.29) is 5.92 Å². The van der Waals surface area contributed by atoms with E-state index in [1.165, 1.54) is 0 Å². The Morgan fingerprint density at radius 1 is 0.900 bits per heavy atom. The molecule has 0 radical (unpaired) electrons. The van der Waals surface area contributed by atoms with Gasteiger partial charge in [0.2, 0.25) is 0 Å². The molecule has 0 aliphatic rings. The lowest BCUT2D eigenvalue weighted by Gasteiger charge is -2.20. The van der Waals surface area contributed by atoms with Crippen molar-refractivity contribution in [3.63, 3.8) is 0 Å². The van der Waals surface area contributed by atoms with E-state index in [1.807, 2.05) is 55.5 Å². The van der Waals surface area contributed by atoms with Crippen LogP contribution >= 0.6 is 0 Å². The largest absolute Gasteiger partial charge is 0.388 e. The Hall–Kier alpha value is -2.19. The fourth-order valence-corrected chi connectivity index (χ4v) is 2.51. The number of nitrogens with zero attached hydrogens (tertiary/aromatic N) is 1. The molecule has 2 heteroatoms. The molecule has 1 aromatic heterocycles. The molecule has 0 spiro atoms. The molecule has 1 N–H and O–H groups in total. The van der Waals surface area contributed by atoms with Crippen LogP contribution < -0.4 is 0 Å². The van der Waals surface area contributed by atoms with Crippen molar-refractivity contribution in [2.75, 3.05) is 0 Å². The van der Waals surface area contributed by atoms with E-state index < -0.39 is 6.10 Å². The summed E-state index contributed by atoms with van der Waals surface area (Å²) in [4.78, 5) is 4.30. The normalized spacial score (nSPS) is 14.1. The molecular weight excluding hydrogens is 246 g/mol. The third kappa shape index (κ3) is 2.43. The number of aliphatic hydroxyl groups is 1. The number of hydrogen-bond acceptors (Lipinski definition) is 2. The molecule has 3 aromatic rings. The Morgan fingerprint density at radius 3 is 2.50 bits per heavy atom. The molecule has 2 nitrogen and oxygen atoms in total. The molecule has 2 atom stereocenters. The van der Waals surface area contributed by atoms with Crippen molar-refractivity contribution in [1.82, 2.24) is 4.98 Å². The van der Waals surface area contributed by atoms with Gasteiger partial charge in [0, 0.05) is 17.5 Å². The Kier molecular flexibility index (Phi) is 3.48. The van der Waals surface area contributed by atoms with Crippen molar-refractivity contribution in [1.29, 1.82) is 0 Å². The average molecular weight is 263 g/mol. The molecule has 20 heavy (non-hydrogen) atoms. The maximum absolute atomic E-state index is 10.6. The summed E-state index contributed by atoms with van der Waals surface area (Å²) in [6.07, 6.45) is 1.27. The standard InChI is InChI=1S/C18H17NO/c1-13(14-6-3-2-4-7-14)18(20)16-9-10-17-15(12-16)8-5-11-19-17/h2-13,18,20H,1H3. The van der Waals surface area contributed by atoms with Gasteiger partial charge < -0.3 is 5.11 Å². The molecule has 0 bridgehead atoms. The predicted molar refractivity (Wildman–Crippen MR) is 81.6 cm³/mol. The van der Waals surface area contributed by atoms with Gasteiger partial charge in [-0.05, 0) is 29.3 Å². The van der Waals surface area contributed by atoms with Crippen LogP contribution in [0.3, 0.4) is 0 Å². The van der Waals surface area contributed by atoms with Crippen LogP contribution in [0.15, 0.2) is 66.9 Å². The number of aromatic nitrogens is 1. The Morgan fingerprint density at radius 2 is 1.70 bits per heavy atom. The van der Waals surface area contributed by atoms with Crippen molar-refractivity contribution in [2.24, 2.45) is 0 Å². The summed E-state index contributed by atoms with van der Waals surface area (Å²) in [6, 6.07) is 20.0. The molecule has 2 unspecified atom stereocenters. The van der Waals surface area contributed by atoms with Crippen molar-refractivity contribution in [2.45, 2.75) is 18.9 Å². The van der Waals surface area contributed by atoms with Crippen molar-refractivity contribution in [3.05, 3.63) is 78.0 Å². The highest BCUT2D eigenvalue weighted by Crippen LogP contribution is 2.31. The Bertz CT molecular complexity index is 709. The van der Waals surface area contributed by atoms with Crippen LogP contribution in [-0.2, 0) is 0 Å². The minimum atomic E-state index is -0.512. The summed E-state index contributed by atoms with van der Waals surface area (Å²) >= 11 is 0. The summed E-state index contributed by atoms with van der Waals surface area (Å²) in [5.74, 6) is 0.0605. The fourth-order valence-electron chi connectivity index (χ4n) is 2.51. The molecule has 0 aliphatic carbocycles. The van der Waals surface area contributed by atoms with Gasteiger partial charge in [-0.1, -0.05) is 49.4 Å². The van der Waals surface area contributed by atoms with E-state index in [9.17, 15) is 5.11 Å². The predicted octanol–water partition coefficient (Wildman–Crippen LogP) is 4.07. The van der Waals surface area contributed by atoms with E-state index >= 15 is 0 Å². The second kappa shape index (κ2) is 5.43. The van der Waals surface area contributed by atoms with Gasteiger partial charge in [0.15, 0.2) is 0 Å². The first kappa shape index (κ1) is 12.8. The number of benzene rings is 2. The van der Waals surface area contributed by atoms with Gasteiger partial charge >= 0.3 is 0 Å². The lowest BCUT2D eigenvalue weighted by Crippen LogP contribution is -2.07. The van der Waals surface area contributed by atoms with Gasteiger partial charge in [-0.25, -0.2) is 0 Å². The third-order valence-corrected chi connectivity index (χ3v) is 3.77. The SMILES string of the molecule is CC(c1ccccc1)C(O)c1ccc2ncccc2c1. The molecule has 2 aromatic carbocycles. The van der Waals surface area contributed by atoms with Gasteiger partial charge in [0.1, 0.15) is 0 Å². The van der Waals surface area contributed by atoms with Crippen LogP contribution in [0.1, 0.15) is 30.1 Å². The van der Waals surface area contributed by atoms with E-state index in [0.29, 0.717) is 0 Å². The monoisotopic (exact) mass is 263 g/mol. The molecular formula is C18H17NO. The van der Waals surface area contributed by atoms with Crippen molar-refractivity contribution < 1.29 is 5.11 Å². The minimum absolute atomic E-state index is 0.0605.